The van der Waals surface area contributed by atoms with Crippen LogP contribution in [-0.4, -0.2) is 15.7 Å². The normalized spacial score (nSPS) is 12.0. The number of carbonyl (C=O) groups is 1. The Hall–Kier alpha value is -3.22. The SMILES string of the molecule is Cc1cc(C)c([C@@H](C)NC(=O)Cn2nc(-c3ccc(F)cc3)oc2=O)cc1C. The number of carbonyl (C=O) groups excluding carboxylic acids is 1. The van der Waals surface area contributed by atoms with Crippen LogP contribution in [0.1, 0.15) is 35.2 Å². The molecule has 6 nitrogen and oxygen atoms in total. The van der Waals surface area contributed by atoms with E-state index in [0.717, 1.165) is 21.4 Å². The second-order valence-corrected chi connectivity index (χ2v) is 6.92. The molecule has 28 heavy (non-hydrogen) atoms. The highest BCUT2D eigenvalue weighted by atomic mass is 19.1. The summed E-state index contributed by atoms with van der Waals surface area (Å²) in [5.41, 5.74) is 4.92. The monoisotopic (exact) mass is 383 g/mol. The molecule has 7 heteroatoms. The predicted molar refractivity (Wildman–Crippen MR) is 103 cm³/mol. The van der Waals surface area contributed by atoms with Crippen LogP contribution >= 0.6 is 0 Å². The summed E-state index contributed by atoms with van der Waals surface area (Å²) in [6, 6.07) is 9.33. The Morgan fingerprint density at radius 2 is 1.79 bits per heavy atom. The lowest BCUT2D eigenvalue weighted by atomic mass is 9.96. The standard InChI is InChI=1S/C21H22FN3O3/c1-12-9-14(3)18(10-13(12)2)15(4)23-19(26)11-25-21(27)28-20(24-25)16-5-7-17(22)8-6-16/h5-10,15H,11H2,1-4H3,(H,23,26)/t15-/m1/s1. The van der Waals surface area contributed by atoms with Gasteiger partial charge in [-0.25, -0.2) is 9.18 Å². The van der Waals surface area contributed by atoms with E-state index in [-0.39, 0.29) is 24.4 Å². The molecule has 1 amide bonds. The second-order valence-electron chi connectivity index (χ2n) is 6.92. The zero-order chi connectivity index (χ0) is 20.4. The molecule has 2 aromatic carbocycles. The summed E-state index contributed by atoms with van der Waals surface area (Å²) in [5.74, 6) is -1.47. The first-order chi connectivity index (χ1) is 13.2. The number of nitrogens with one attached hydrogen (secondary N) is 1. The first-order valence-electron chi connectivity index (χ1n) is 8.95. The minimum absolute atomic E-state index is 0.0378. The van der Waals surface area contributed by atoms with Gasteiger partial charge in [0.25, 0.3) is 0 Å². The summed E-state index contributed by atoms with van der Waals surface area (Å²) in [6.07, 6.45) is 0. The van der Waals surface area contributed by atoms with Gasteiger partial charge in [0.15, 0.2) is 0 Å². The minimum atomic E-state index is -0.746. The van der Waals surface area contributed by atoms with Crippen LogP contribution in [-0.2, 0) is 11.3 Å². The molecule has 0 spiro atoms. The number of aryl methyl sites for hydroxylation is 3. The highest BCUT2D eigenvalue weighted by Crippen LogP contribution is 2.21. The largest absolute Gasteiger partial charge is 0.437 e. The molecule has 0 saturated heterocycles. The third kappa shape index (κ3) is 4.19. The van der Waals surface area contributed by atoms with Crippen molar-refractivity contribution in [3.8, 4) is 11.5 Å². The molecule has 1 heterocycles. The summed E-state index contributed by atoms with van der Waals surface area (Å²) in [4.78, 5) is 24.4. The van der Waals surface area contributed by atoms with Crippen molar-refractivity contribution in [2.45, 2.75) is 40.3 Å². The van der Waals surface area contributed by atoms with E-state index in [1.54, 1.807) is 0 Å². The van der Waals surface area contributed by atoms with Gasteiger partial charge in [0.05, 0.1) is 6.04 Å². The number of rotatable bonds is 5. The Balaban J connectivity index is 1.72. The molecule has 0 unspecified atom stereocenters. The van der Waals surface area contributed by atoms with Gasteiger partial charge in [-0.2, -0.15) is 4.68 Å². The fraction of sp³-hybridized carbons (Fsp3) is 0.286. The van der Waals surface area contributed by atoms with Crippen molar-refractivity contribution >= 4 is 5.91 Å². The van der Waals surface area contributed by atoms with E-state index in [1.165, 1.54) is 29.8 Å². The molecule has 1 atom stereocenters. The Labute approximate surface area is 162 Å². The molecule has 0 aliphatic rings. The molecular weight excluding hydrogens is 361 g/mol. The first kappa shape index (κ1) is 19.5. The molecule has 3 rings (SSSR count). The van der Waals surface area contributed by atoms with E-state index >= 15 is 0 Å². The third-order valence-electron chi connectivity index (χ3n) is 4.72. The topological polar surface area (TPSA) is 77.1 Å². The average Bonchev–Trinajstić information content (AvgIpc) is 2.99. The van der Waals surface area contributed by atoms with E-state index in [0.29, 0.717) is 5.56 Å². The maximum absolute atomic E-state index is 13.0. The van der Waals surface area contributed by atoms with Gasteiger partial charge in [-0.1, -0.05) is 12.1 Å². The Morgan fingerprint density at radius 3 is 2.46 bits per heavy atom. The quantitative estimate of drug-likeness (QED) is 0.732. The zero-order valence-corrected chi connectivity index (χ0v) is 16.2. The molecule has 0 aliphatic heterocycles. The summed E-state index contributed by atoms with van der Waals surface area (Å²) >= 11 is 0. The summed E-state index contributed by atoms with van der Waals surface area (Å²) in [5, 5.41) is 6.91. The van der Waals surface area contributed by atoms with Gasteiger partial charge >= 0.3 is 5.76 Å². The van der Waals surface area contributed by atoms with Crippen molar-refractivity contribution in [2.24, 2.45) is 0 Å². The van der Waals surface area contributed by atoms with Gasteiger partial charge in [-0.05, 0) is 74.2 Å². The van der Waals surface area contributed by atoms with Crippen LogP contribution in [0.3, 0.4) is 0 Å². The lowest BCUT2D eigenvalue weighted by Crippen LogP contribution is -2.33. The van der Waals surface area contributed by atoms with E-state index in [9.17, 15) is 14.0 Å². The maximum atomic E-state index is 13.0. The van der Waals surface area contributed by atoms with E-state index in [1.807, 2.05) is 27.7 Å². The van der Waals surface area contributed by atoms with Gasteiger partial charge in [-0.15, -0.1) is 5.10 Å². The van der Waals surface area contributed by atoms with Crippen LogP contribution in [0.25, 0.3) is 11.5 Å². The number of benzene rings is 2. The summed E-state index contributed by atoms with van der Waals surface area (Å²) in [7, 11) is 0. The van der Waals surface area contributed by atoms with Crippen molar-refractivity contribution in [3.63, 3.8) is 0 Å². The second kappa shape index (κ2) is 7.80. The number of amides is 1. The fourth-order valence-electron chi connectivity index (χ4n) is 3.07. The average molecular weight is 383 g/mol. The lowest BCUT2D eigenvalue weighted by Gasteiger charge is -2.18. The molecule has 0 aliphatic carbocycles. The Morgan fingerprint density at radius 1 is 1.14 bits per heavy atom. The van der Waals surface area contributed by atoms with Gasteiger partial charge < -0.3 is 9.73 Å². The first-order valence-corrected chi connectivity index (χ1v) is 8.95. The van der Waals surface area contributed by atoms with Crippen molar-refractivity contribution < 1.29 is 13.6 Å². The molecule has 0 saturated carbocycles. The Kier molecular flexibility index (Phi) is 5.44. The number of nitrogens with zero attached hydrogens (tertiary/aromatic N) is 2. The van der Waals surface area contributed by atoms with Gasteiger partial charge in [-0.3, -0.25) is 4.79 Å². The van der Waals surface area contributed by atoms with E-state index in [2.05, 4.69) is 22.5 Å². The number of halogens is 1. The minimum Gasteiger partial charge on any atom is -0.388 e. The highest BCUT2D eigenvalue weighted by molar-refractivity contribution is 5.76. The van der Waals surface area contributed by atoms with Gasteiger partial charge in [0.2, 0.25) is 11.8 Å². The fourth-order valence-corrected chi connectivity index (χ4v) is 3.07. The molecule has 0 bridgehead atoms. The molecular formula is C21H22FN3O3. The third-order valence-corrected chi connectivity index (χ3v) is 4.72. The number of hydrogen-bond acceptors (Lipinski definition) is 4. The smallest absolute Gasteiger partial charge is 0.388 e. The molecule has 0 fully saturated rings. The van der Waals surface area contributed by atoms with Crippen LogP contribution in [0.5, 0.6) is 0 Å². The summed E-state index contributed by atoms with van der Waals surface area (Å²) < 4.78 is 19.1. The maximum Gasteiger partial charge on any atom is 0.437 e. The molecule has 1 N–H and O–H groups in total. The predicted octanol–water partition coefficient (Wildman–Crippen LogP) is 3.45. The molecule has 1 aromatic heterocycles. The molecule has 146 valence electrons. The Bertz CT molecular complexity index is 1070. The van der Waals surface area contributed by atoms with Crippen molar-refractivity contribution in [1.82, 2.24) is 15.1 Å². The van der Waals surface area contributed by atoms with Crippen LogP contribution < -0.4 is 11.1 Å². The van der Waals surface area contributed by atoms with Crippen LogP contribution in [0.15, 0.2) is 45.6 Å². The molecule has 3 aromatic rings. The van der Waals surface area contributed by atoms with Crippen molar-refractivity contribution in [3.05, 3.63) is 75.0 Å². The molecule has 0 radical (unpaired) electrons. The number of aromatic nitrogens is 2. The van der Waals surface area contributed by atoms with E-state index < -0.39 is 11.6 Å². The van der Waals surface area contributed by atoms with Crippen LogP contribution in [0.4, 0.5) is 4.39 Å². The lowest BCUT2D eigenvalue weighted by molar-refractivity contribution is -0.122. The zero-order valence-electron chi connectivity index (χ0n) is 16.2. The van der Waals surface area contributed by atoms with E-state index in [4.69, 9.17) is 4.42 Å². The number of hydrogen-bond donors (Lipinski definition) is 1. The highest BCUT2D eigenvalue weighted by Gasteiger charge is 2.17. The van der Waals surface area contributed by atoms with Crippen LogP contribution in [0, 0.1) is 26.6 Å². The van der Waals surface area contributed by atoms with Gasteiger partial charge in [0.1, 0.15) is 12.4 Å². The van der Waals surface area contributed by atoms with Gasteiger partial charge in [0, 0.05) is 5.56 Å². The van der Waals surface area contributed by atoms with Crippen molar-refractivity contribution in [1.29, 1.82) is 0 Å². The van der Waals surface area contributed by atoms with Crippen LogP contribution in [0.2, 0.25) is 0 Å². The summed E-state index contributed by atoms with van der Waals surface area (Å²) in [6.45, 7) is 7.70. The van der Waals surface area contributed by atoms with Crippen molar-refractivity contribution in [2.75, 3.05) is 0 Å².